The Morgan fingerprint density at radius 2 is 2.06 bits per heavy atom. The number of rotatable bonds is 1. The van der Waals surface area contributed by atoms with Crippen LogP contribution in [0.2, 0.25) is 0 Å². The number of nitrogens with two attached hydrogens (primary N) is 1. The van der Waals surface area contributed by atoms with Crippen LogP contribution in [0.5, 0.6) is 0 Å². The summed E-state index contributed by atoms with van der Waals surface area (Å²) in [5, 5.41) is 0. The molecule has 0 radical (unpaired) electrons. The van der Waals surface area contributed by atoms with Gasteiger partial charge in [-0.05, 0) is 12.0 Å². The van der Waals surface area contributed by atoms with Gasteiger partial charge in [-0.15, -0.1) is 0 Å². The summed E-state index contributed by atoms with van der Waals surface area (Å²) in [6.45, 7) is 1.26. The highest BCUT2D eigenvalue weighted by Gasteiger charge is 2.29. The van der Waals surface area contributed by atoms with Gasteiger partial charge in [0.1, 0.15) is 0 Å². The van der Waals surface area contributed by atoms with Gasteiger partial charge in [0.15, 0.2) is 0 Å². The number of nitrogens with zero attached hydrogens (tertiary/aromatic N) is 1. The van der Waals surface area contributed by atoms with Gasteiger partial charge in [0.25, 0.3) is 0 Å². The number of hydrogen-bond donors (Lipinski definition) is 1. The molecular formula is C13H18N2O2. The minimum Gasteiger partial charge on any atom is -0.453 e. The molecular weight excluding hydrogens is 216 g/mol. The van der Waals surface area contributed by atoms with Gasteiger partial charge in [-0.1, -0.05) is 30.3 Å². The number of carbonyl (C=O) groups is 1. The maximum absolute atomic E-state index is 11.5. The normalized spacial score (nSPS) is 24.5. The summed E-state index contributed by atoms with van der Waals surface area (Å²) in [5.74, 6) is 0.305. The fourth-order valence-electron chi connectivity index (χ4n) is 2.38. The zero-order valence-electron chi connectivity index (χ0n) is 10.0. The van der Waals surface area contributed by atoms with Crippen LogP contribution in [0.25, 0.3) is 0 Å². The minimum atomic E-state index is -0.291. The Balaban J connectivity index is 2.11. The van der Waals surface area contributed by atoms with E-state index in [0.29, 0.717) is 19.0 Å². The summed E-state index contributed by atoms with van der Waals surface area (Å²) >= 11 is 0. The third-order valence-corrected chi connectivity index (χ3v) is 3.19. The summed E-state index contributed by atoms with van der Waals surface area (Å²) in [4.78, 5) is 13.2. The standard InChI is InChI=1S/C13H18N2O2/c1-17-13(16)15-8-11(7-12(14)9-15)10-5-3-2-4-6-10/h2-6,11-12H,7-9,14H2,1H3. The van der Waals surface area contributed by atoms with Crippen LogP contribution >= 0.6 is 0 Å². The van der Waals surface area contributed by atoms with E-state index in [4.69, 9.17) is 10.5 Å². The van der Waals surface area contributed by atoms with Gasteiger partial charge in [-0.25, -0.2) is 4.79 Å². The molecule has 0 aliphatic carbocycles. The second kappa shape index (κ2) is 5.19. The number of benzene rings is 1. The number of methoxy groups -OCH3 is 1. The van der Waals surface area contributed by atoms with Gasteiger partial charge in [0.2, 0.25) is 0 Å². The molecule has 0 saturated carbocycles. The molecule has 1 aliphatic heterocycles. The number of carbonyl (C=O) groups excluding carboxylic acids is 1. The van der Waals surface area contributed by atoms with Crippen LogP contribution < -0.4 is 5.73 Å². The minimum absolute atomic E-state index is 0.0213. The molecule has 1 amide bonds. The zero-order chi connectivity index (χ0) is 12.3. The number of hydrogen-bond acceptors (Lipinski definition) is 3. The fourth-order valence-corrected chi connectivity index (χ4v) is 2.38. The summed E-state index contributed by atoms with van der Waals surface area (Å²) in [7, 11) is 1.40. The summed E-state index contributed by atoms with van der Waals surface area (Å²) in [6, 6.07) is 10.2. The third kappa shape index (κ3) is 2.77. The molecule has 2 N–H and O–H groups in total. The second-order valence-corrected chi connectivity index (χ2v) is 4.48. The first-order chi connectivity index (χ1) is 8.20. The van der Waals surface area contributed by atoms with Crippen LogP contribution in [-0.2, 0) is 4.74 Å². The number of ether oxygens (including phenoxy) is 1. The molecule has 17 heavy (non-hydrogen) atoms. The number of amides is 1. The fraction of sp³-hybridized carbons (Fsp3) is 0.462. The Bertz CT molecular complexity index is 380. The molecule has 2 rings (SSSR count). The van der Waals surface area contributed by atoms with Crippen molar-refractivity contribution < 1.29 is 9.53 Å². The van der Waals surface area contributed by atoms with E-state index in [1.807, 2.05) is 18.2 Å². The van der Waals surface area contributed by atoms with Gasteiger partial charge >= 0.3 is 6.09 Å². The van der Waals surface area contributed by atoms with Gasteiger partial charge in [0.05, 0.1) is 7.11 Å². The molecule has 0 spiro atoms. The largest absolute Gasteiger partial charge is 0.453 e. The summed E-state index contributed by atoms with van der Waals surface area (Å²) in [5.41, 5.74) is 7.23. The summed E-state index contributed by atoms with van der Waals surface area (Å²) < 4.78 is 4.75. The average Bonchev–Trinajstić information content (AvgIpc) is 2.38. The van der Waals surface area contributed by atoms with Crippen molar-refractivity contribution in [1.29, 1.82) is 0 Å². The molecule has 2 unspecified atom stereocenters. The maximum Gasteiger partial charge on any atom is 0.409 e. The molecule has 0 bridgehead atoms. The Labute approximate surface area is 101 Å². The van der Waals surface area contributed by atoms with Gasteiger partial charge in [-0.3, -0.25) is 0 Å². The van der Waals surface area contributed by atoms with Crippen LogP contribution in [0.4, 0.5) is 4.79 Å². The first-order valence-electron chi connectivity index (χ1n) is 5.84. The van der Waals surface area contributed by atoms with Crippen molar-refractivity contribution in [3.8, 4) is 0 Å². The van der Waals surface area contributed by atoms with Crippen molar-refractivity contribution in [3.05, 3.63) is 35.9 Å². The van der Waals surface area contributed by atoms with Gasteiger partial charge in [-0.2, -0.15) is 0 Å². The summed E-state index contributed by atoms with van der Waals surface area (Å²) in [6.07, 6.45) is 0.624. The molecule has 0 aromatic heterocycles. The van der Waals surface area contributed by atoms with E-state index >= 15 is 0 Å². The Hall–Kier alpha value is -1.55. The quantitative estimate of drug-likeness (QED) is 0.802. The molecule has 1 aliphatic rings. The van der Waals surface area contributed by atoms with E-state index in [2.05, 4.69) is 12.1 Å². The van der Waals surface area contributed by atoms with Crippen molar-refractivity contribution in [2.24, 2.45) is 5.73 Å². The monoisotopic (exact) mass is 234 g/mol. The second-order valence-electron chi connectivity index (χ2n) is 4.48. The Morgan fingerprint density at radius 1 is 1.35 bits per heavy atom. The van der Waals surface area contributed by atoms with Crippen LogP contribution in [0.15, 0.2) is 30.3 Å². The molecule has 1 saturated heterocycles. The first-order valence-corrected chi connectivity index (χ1v) is 5.84. The van der Waals surface area contributed by atoms with E-state index in [9.17, 15) is 4.79 Å². The molecule has 1 aromatic rings. The molecule has 4 heteroatoms. The van der Waals surface area contributed by atoms with Crippen molar-refractivity contribution >= 4 is 6.09 Å². The maximum atomic E-state index is 11.5. The van der Waals surface area contributed by atoms with Crippen LogP contribution in [0.1, 0.15) is 17.9 Å². The SMILES string of the molecule is COC(=O)N1CC(N)CC(c2ccccc2)C1. The number of piperidine rings is 1. The zero-order valence-corrected chi connectivity index (χ0v) is 10.0. The predicted octanol–water partition coefficient (Wildman–Crippen LogP) is 1.57. The molecule has 1 aromatic carbocycles. The lowest BCUT2D eigenvalue weighted by Crippen LogP contribution is -2.48. The highest BCUT2D eigenvalue weighted by atomic mass is 16.5. The molecule has 2 atom stereocenters. The highest BCUT2D eigenvalue weighted by molar-refractivity contribution is 5.67. The van der Waals surface area contributed by atoms with E-state index < -0.39 is 0 Å². The Kier molecular flexibility index (Phi) is 3.64. The van der Waals surface area contributed by atoms with Crippen LogP contribution in [0, 0.1) is 0 Å². The highest BCUT2D eigenvalue weighted by Crippen LogP contribution is 2.26. The molecule has 1 fully saturated rings. The van der Waals surface area contributed by atoms with Crippen LogP contribution in [0.3, 0.4) is 0 Å². The molecule has 4 nitrogen and oxygen atoms in total. The van der Waals surface area contributed by atoms with Crippen LogP contribution in [-0.4, -0.2) is 37.2 Å². The first kappa shape index (κ1) is 11.9. The third-order valence-electron chi connectivity index (χ3n) is 3.19. The van der Waals surface area contributed by atoms with Crippen molar-refractivity contribution in [1.82, 2.24) is 4.90 Å². The lowest BCUT2D eigenvalue weighted by atomic mass is 9.88. The topological polar surface area (TPSA) is 55.6 Å². The number of likely N-dealkylation sites (tertiary alicyclic amines) is 1. The molecule has 92 valence electrons. The van der Waals surface area contributed by atoms with Crippen molar-refractivity contribution in [2.75, 3.05) is 20.2 Å². The van der Waals surface area contributed by atoms with Crippen molar-refractivity contribution in [3.63, 3.8) is 0 Å². The van der Waals surface area contributed by atoms with E-state index in [0.717, 1.165) is 6.42 Å². The van der Waals surface area contributed by atoms with E-state index in [-0.39, 0.29) is 12.1 Å². The van der Waals surface area contributed by atoms with E-state index in [1.165, 1.54) is 12.7 Å². The van der Waals surface area contributed by atoms with Gasteiger partial charge in [0, 0.05) is 25.0 Å². The molecule has 1 heterocycles. The van der Waals surface area contributed by atoms with Gasteiger partial charge < -0.3 is 15.4 Å². The van der Waals surface area contributed by atoms with E-state index in [1.54, 1.807) is 4.90 Å². The average molecular weight is 234 g/mol. The Morgan fingerprint density at radius 3 is 2.71 bits per heavy atom. The predicted molar refractivity (Wildman–Crippen MR) is 65.8 cm³/mol. The van der Waals surface area contributed by atoms with Crippen molar-refractivity contribution in [2.45, 2.75) is 18.4 Å². The lowest BCUT2D eigenvalue weighted by Gasteiger charge is -2.35. The lowest BCUT2D eigenvalue weighted by molar-refractivity contribution is 0.106. The smallest absolute Gasteiger partial charge is 0.409 e.